The number of fused-ring (bicyclic) bond motifs is 1. The van der Waals surface area contributed by atoms with Gasteiger partial charge in [-0.1, -0.05) is 0 Å². The number of rotatable bonds is 1. The lowest BCUT2D eigenvalue weighted by atomic mass is 10.2. The number of aryl methyl sites for hydroxylation is 1. The van der Waals surface area contributed by atoms with Crippen LogP contribution in [0.25, 0.3) is 22.3 Å². The van der Waals surface area contributed by atoms with E-state index in [1.54, 1.807) is 17.1 Å². The summed E-state index contributed by atoms with van der Waals surface area (Å²) in [6.07, 6.45) is 5.40. The number of halogens is 1. The average Bonchev–Trinajstić information content (AvgIpc) is 2.80. The van der Waals surface area contributed by atoms with Gasteiger partial charge in [0.1, 0.15) is 5.52 Å². The van der Waals surface area contributed by atoms with Crippen molar-refractivity contribution >= 4 is 32.7 Å². The summed E-state index contributed by atoms with van der Waals surface area (Å²) in [5.74, 6) is 0. The van der Waals surface area contributed by atoms with E-state index in [0.29, 0.717) is 5.69 Å². The van der Waals surface area contributed by atoms with Crippen LogP contribution >= 0.6 is 15.9 Å². The van der Waals surface area contributed by atoms with Gasteiger partial charge < -0.3 is 5.73 Å². The molecule has 90 valence electrons. The smallest absolute Gasteiger partial charge is 0.106 e. The van der Waals surface area contributed by atoms with Gasteiger partial charge in [0.15, 0.2) is 0 Å². The fourth-order valence-electron chi connectivity index (χ4n) is 1.75. The number of nitrogens with zero attached hydrogens (tertiary/aromatic N) is 4. The van der Waals surface area contributed by atoms with Crippen LogP contribution < -0.4 is 5.73 Å². The van der Waals surface area contributed by atoms with Gasteiger partial charge in [-0.2, -0.15) is 5.10 Å². The van der Waals surface area contributed by atoms with Crippen molar-refractivity contribution in [2.75, 3.05) is 5.73 Å². The van der Waals surface area contributed by atoms with Gasteiger partial charge in [0.25, 0.3) is 0 Å². The second kappa shape index (κ2) is 4.06. The van der Waals surface area contributed by atoms with Crippen molar-refractivity contribution in [3.8, 4) is 11.3 Å². The van der Waals surface area contributed by atoms with Crippen molar-refractivity contribution < 1.29 is 0 Å². The molecular weight excluding hydrogens is 294 g/mol. The maximum atomic E-state index is 5.85. The van der Waals surface area contributed by atoms with Gasteiger partial charge in [0.2, 0.25) is 0 Å². The van der Waals surface area contributed by atoms with E-state index < -0.39 is 0 Å². The molecule has 0 radical (unpaired) electrons. The van der Waals surface area contributed by atoms with Crippen LogP contribution in [0.2, 0.25) is 0 Å². The molecule has 0 atom stereocenters. The standard InChI is InChI=1S/C12H10BrN5/c1-18-6-7(4-16-18)10-5-15-9-3-2-8(14)11(13)12(9)17-10/h2-6H,14H2,1H3. The Morgan fingerprint density at radius 3 is 2.83 bits per heavy atom. The Labute approximate surface area is 112 Å². The highest BCUT2D eigenvalue weighted by Gasteiger charge is 2.08. The second-order valence-corrected chi connectivity index (χ2v) is 4.79. The molecule has 0 aliphatic rings. The maximum Gasteiger partial charge on any atom is 0.106 e. The topological polar surface area (TPSA) is 69.6 Å². The van der Waals surface area contributed by atoms with Crippen molar-refractivity contribution in [3.63, 3.8) is 0 Å². The zero-order valence-electron chi connectivity index (χ0n) is 9.63. The molecule has 18 heavy (non-hydrogen) atoms. The van der Waals surface area contributed by atoms with Gasteiger partial charge in [-0.25, -0.2) is 4.98 Å². The Balaban J connectivity index is 2.24. The molecule has 0 spiro atoms. The van der Waals surface area contributed by atoms with Crippen LogP contribution in [-0.4, -0.2) is 19.7 Å². The van der Waals surface area contributed by atoms with E-state index in [1.165, 1.54) is 0 Å². The lowest BCUT2D eigenvalue weighted by Crippen LogP contribution is -1.93. The summed E-state index contributed by atoms with van der Waals surface area (Å²) in [5.41, 5.74) is 9.78. The van der Waals surface area contributed by atoms with Gasteiger partial charge in [-0.3, -0.25) is 9.67 Å². The number of hydrogen-bond acceptors (Lipinski definition) is 4. The van der Waals surface area contributed by atoms with E-state index in [2.05, 4.69) is 31.0 Å². The summed E-state index contributed by atoms with van der Waals surface area (Å²) in [5, 5.41) is 4.13. The normalized spacial score (nSPS) is 11.0. The second-order valence-electron chi connectivity index (χ2n) is 3.99. The third-order valence-corrected chi connectivity index (χ3v) is 3.52. The molecule has 0 aliphatic heterocycles. The van der Waals surface area contributed by atoms with Crippen molar-refractivity contribution in [3.05, 3.63) is 35.2 Å². The molecule has 0 aliphatic carbocycles. The molecule has 2 aromatic heterocycles. The largest absolute Gasteiger partial charge is 0.398 e. The molecule has 0 unspecified atom stereocenters. The SMILES string of the molecule is Cn1cc(-c2cnc3ccc(N)c(Br)c3n2)cn1. The molecule has 2 heterocycles. The molecule has 1 aromatic carbocycles. The lowest BCUT2D eigenvalue weighted by Gasteiger charge is -2.04. The molecule has 2 N–H and O–H groups in total. The summed E-state index contributed by atoms with van der Waals surface area (Å²) in [4.78, 5) is 8.96. The molecule has 5 nitrogen and oxygen atoms in total. The minimum atomic E-state index is 0.653. The van der Waals surface area contributed by atoms with Crippen LogP contribution in [0.1, 0.15) is 0 Å². The molecule has 0 bridgehead atoms. The minimum absolute atomic E-state index is 0.653. The summed E-state index contributed by atoms with van der Waals surface area (Å²) in [6, 6.07) is 3.67. The summed E-state index contributed by atoms with van der Waals surface area (Å²) < 4.78 is 2.51. The van der Waals surface area contributed by atoms with Crippen LogP contribution in [0.3, 0.4) is 0 Å². The van der Waals surface area contributed by atoms with E-state index in [-0.39, 0.29) is 0 Å². The first-order valence-corrected chi connectivity index (χ1v) is 6.14. The average molecular weight is 304 g/mol. The third kappa shape index (κ3) is 1.74. The molecule has 0 amide bonds. The predicted molar refractivity (Wildman–Crippen MR) is 73.9 cm³/mol. The van der Waals surface area contributed by atoms with E-state index in [4.69, 9.17) is 5.73 Å². The molecule has 0 fully saturated rings. The van der Waals surface area contributed by atoms with Crippen molar-refractivity contribution in [2.45, 2.75) is 0 Å². The van der Waals surface area contributed by atoms with E-state index in [0.717, 1.165) is 26.8 Å². The Hall–Kier alpha value is -1.95. The molecule has 0 saturated heterocycles. The Morgan fingerprint density at radius 2 is 2.11 bits per heavy atom. The quantitative estimate of drug-likeness (QED) is 0.701. The Kier molecular flexibility index (Phi) is 2.52. The van der Waals surface area contributed by atoms with Gasteiger partial charge in [-0.15, -0.1) is 0 Å². The van der Waals surface area contributed by atoms with Gasteiger partial charge in [0.05, 0.1) is 28.1 Å². The van der Waals surface area contributed by atoms with Crippen LogP contribution in [-0.2, 0) is 7.05 Å². The zero-order chi connectivity index (χ0) is 12.7. The predicted octanol–water partition coefficient (Wildman–Crippen LogP) is 2.38. The summed E-state index contributed by atoms with van der Waals surface area (Å²) >= 11 is 3.44. The third-order valence-electron chi connectivity index (χ3n) is 2.68. The van der Waals surface area contributed by atoms with E-state index in [1.807, 2.05) is 25.4 Å². The minimum Gasteiger partial charge on any atom is -0.398 e. The monoisotopic (exact) mass is 303 g/mol. The first-order valence-electron chi connectivity index (χ1n) is 5.35. The maximum absolute atomic E-state index is 5.85. The zero-order valence-corrected chi connectivity index (χ0v) is 11.2. The fraction of sp³-hybridized carbons (Fsp3) is 0.0833. The number of aromatic nitrogens is 4. The van der Waals surface area contributed by atoms with Gasteiger partial charge in [0, 0.05) is 24.5 Å². The van der Waals surface area contributed by atoms with E-state index >= 15 is 0 Å². The van der Waals surface area contributed by atoms with Crippen LogP contribution in [0.5, 0.6) is 0 Å². The molecular formula is C12H10BrN5. The van der Waals surface area contributed by atoms with Gasteiger partial charge in [-0.05, 0) is 28.1 Å². The van der Waals surface area contributed by atoms with Crippen LogP contribution in [0.15, 0.2) is 35.2 Å². The van der Waals surface area contributed by atoms with Gasteiger partial charge >= 0.3 is 0 Å². The number of nitrogen functional groups attached to an aromatic ring is 1. The highest BCUT2D eigenvalue weighted by atomic mass is 79.9. The summed E-state index contributed by atoms with van der Waals surface area (Å²) in [7, 11) is 1.87. The number of nitrogens with two attached hydrogens (primary N) is 1. The van der Waals surface area contributed by atoms with Crippen molar-refractivity contribution in [1.82, 2.24) is 19.7 Å². The molecule has 3 aromatic rings. The fourth-order valence-corrected chi connectivity index (χ4v) is 2.18. The highest BCUT2D eigenvalue weighted by Crippen LogP contribution is 2.28. The van der Waals surface area contributed by atoms with E-state index in [9.17, 15) is 0 Å². The first kappa shape index (κ1) is 11.2. The Bertz CT molecular complexity index is 734. The number of anilines is 1. The van der Waals surface area contributed by atoms with Crippen LogP contribution in [0, 0.1) is 0 Å². The first-order chi connectivity index (χ1) is 8.65. The molecule has 3 rings (SSSR count). The van der Waals surface area contributed by atoms with Crippen molar-refractivity contribution in [1.29, 1.82) is 0 Å². The van der Waals surface area contributed by atoms with Crippen molar-refractivity contribution in [2.24, 2.45) is 7.05 Å². The van der Waals surface area contributed by atoms with Crippen LogP contribution in [0.4, 0.5) is 5.69 Å². The lowest BCUT2D eigenvalue weighted by molar-refractivity contribution is 0.768. The Morgan fingerprint density at radius 1 is 1.28 bits per heavy atom. The number of hydrogen-bond donors (Lipinski definition) is 1. The molecule has 6 heteroatoms. The molecule has 0 saturated carbocycles. The summed E-state index contributed by atoms with van der Waals surface area (Å²) in [6.45, 7) is 0. The number of benzene rings is 1. The highest BCUT2D eigenvalue weighted by molar-refractivity contribution is 9.10.